The van der Waals surface area contributed by atoms with Gasteiger partial charge in [-0.3, -0.25) is 9.59 Å². The Morgan fingerprint density at radius 2 is 1.75 bits per heavy atom. The van der Waals surface area contributed by atoms with Gasteiger partial charge >= 0.3 is 0 Å². The summed E-state index contributed by atoms with van der Waals surface area (Å²) in [5, 5.41) is 2.86. The van der Waals surface area contributed by atoms with Crippen LogP contribution in [0.4, 0.5) is 0 Å². The van der Waals surface area contributed by atoms with Crippen LogP contribution in [0.2, 0.25) is 0 Å². The number of carbonyl (C=O) groups excluding carboxylic acids is 2. The van der Waals surface area contributed by atoms with Gasteiger partial charge in [0.2, 0.25) is 11.8 Å². The highest BCUT2D eigenvalue weighted by Gasteiger charge is 2.26. The molecule has 20 heavy (non-hydrogen) atoms. The second-order valence-corrected chi connectivity index (χ2v) is 6.20. The number of nitrogens with one attached hydrogen (secondary N) is 1. The molecule has 1 unspecified atom stereocenters. The Balaban J connectivity index is 1.77. The van der Waals surface area contributed by atoms with Crippen molar-refractivity contribution in [1.29, 1.82) is 0 Å². The average Bonchev–Trinajstić information content (AvgIpc) is 2.53. The van der Waals surface area contributed by atoms with Crippen LogP contribution in [0, 0.1) is 5.92 Å². The van der Waals surface area contributed by atoms with Gasteiger partial charge in [-0.05, 0) is 38.5 Å². The molecule has 4 heteroatoms. The molecule has 114 valence electrons. The van der Waals surface area contributed by atoms with Gasteiger partial charge in [-0.25, -0.2) is 0 Å². The summed E-state index contributed by atoms with van der Waals surface area (Å²) in [6.07, 6.45) is 9.96. The van der Waals surface area contributed by atoms with Crippen LogP contribution in [0.15, 0.2) is 0 Å². The van der Waals surface area contributed by atoms with Crippen LogP contribution < -0.4 is 5.32 Å². The number of amides is 2. The quantitative estimate of drug-likeness (QED) is 0.860. The number of rotatable bonds is 4. The third-order valence-electron chi connectivity index (χ3n) is 4.81. The van der Waals surface area contributed by atoms with E-state index in [1.807, 2.05) is 4.90 Å². The molecule has 4 nitrogen and oxygen atoms in total. The molecule has 0 bridgehead atoms. The molecule has 2 fully saturated rings. The summed E-state index contributed by atoms with van der Waals surface area (Å²) in [6, 6.07) is 0.378. The third kappa shape index (κ3) is 3.97. The lowest BCUT2D eigenvalue weighted by molar-refractivity contribution is -0.137. The van der Waals surface area contributed by atoms with Gasteiger partial charge in [0, 0.05) is 18.5 Å². The van der Waals surface area contributed by atoms with Crippen molar-refractivity contribution in [2.24, 2.45) is 5.92 Å². The fourth-order valence-corrected chi connectivity index (χ4v) is 3.53. The van der Waals surface area contributed by atoms with E-state index in [0.29, 0.717) is 6.04 Å². The summed E-state index contributed by atoms with van der Waals surface area (Å²) in [4.78, 5) is 26.3. The van der Waals surface area contributed by atoms with E-state index in [1.165, 1.54) is 12.8 Å². The number of piperidine rings is 1. The topological polar surface area (TPSA) is 49.4 Å². The van der Waals surface area contributed by atoms with Crippen LogP contribution >= 0.6 is 0 Å². The first-order valence-electron chi connectivity index (χ1n) is 8.29. The largest absolute Gasteiger partial charge is 0.347 e. The summed E-state index contributed by atoms with van der Waals surface area (Å²) in [6.45, 7) is 3.18. The molecule has 1 aliphatic carbocycles. The van der Waals surface area contributed by atoms with E-state index in [-0.39, 0.29) is 24.3 Å². The van der Waals surface area contributed by atoms with Crippen molar-refractivity contribution < 1.29 is 9.59 Å². The molecule has 0 aromatic heterocycles. The van der Waals surface area contributed by atoms with Crippen molar-refractivity contribution in [2.45, 2.75) is 70.8 Å². The van der Waals surface area contributed by atoms with Gasteiger partial charge in [0.15, 0.2) is 0 Å². The Morgan fingerprint density at radius 1 is 1.05 bits per heavy atom. The molecule has 1 heterocycles. The predicted octanol–water partition coefficient (Wildman–Crippen LogP) is 2.47. The lowest BCUT2D eigenvalue weighted by atomic mass is 9.89. The minimum Gasteiger partial charge on any atom is -0.347 e. The standard InChI is InChI=1S/C16H28N2O2/c1-2-14-10-6-7-11-18(14)15(19)12-17-16(20)13-8-4-3-5-9-13/h13-14H,2-12H2,1H3,(H,17,20). The van der Waals surface area contributed by atoms with Gasteiger partial charge < -0.3 is 10.2 Å². The Kier molecular flexibility index (Phi) is 5.86. The molecular weight excluding hydrogens is 252 g/mol. The molecule has 2 aliphatic rings. The first-order chi connectivity index (χ1) is 9.72. The van der Waals surface area contributed by atoms with Crippen molar-refractivity contribution >= 4 is 11.8 Å². The number of hydrogen-bond acceptors (Lipinski definition) is 2. The van der Waals surface area contributed by atoms with E-state index in [0.717, 1.165) is 51.5 Å². The zero-order valence-corrected chi connectivity index (χ0v) is 12.7. The molecule has 1 N–H and O–H groups in total. The molecule has 1 saturated heterocycles. The van der Waals surface area contributed by atoms with Crippen LogP contribution in [-0.4, -0.2) is 35.8 Å². The molecule has 1 atom stereocenters. The third-order valence-corrected chi connectivity index (χ3v) is 4.81. The lowest BCUT2D eigenvalue weighted by Gasteiger charge is -2.35. The highest BCUT2D eigenvalue weighted by atomic mass is 16.2. The highest BCUT2D eigenvalue weighted by molar-refractivity contribution is 5.86. The fraction of sp³-hybridized carbons (Fsp3) is 0.875. The van der Waals surface area contributed by atoms with E-state index < -0.39 is 0 Å². The predicted molar refractivity (Wildman–Crippen MR) is 79.2 cm³/mol. The van der Waals surface area contributed by atoms with Crippen LogP contribution in [0.1, 0.15) is 64.7 Å². The smallest absolute Gasteiger partial charge is 0.242 e. The average molecular weight is 280 g/mol. The van der Waals surface area contributed by atoms with Gasteiger partial charge in [-0.15, -0.1) is 0 Å². The summed E-state index contributed by atoms with van der Waals surface area (Å²) >= 11 is 0. The Hall–Kier alpha value is -1.06. The first-order valence-corrected chi connectivity index (χ1v) is 8.29. The number of hydrogen-bond donors (Lipinski definition) is 1. The monoisotopic (exact) mass is 280 g/mol. The van der Waals surface area contributed by atoms with E-state index in [9.17, 15) is 9.59 Å². The van der Waals surface area contributed by atoms with Gasteiger partial charge in [0.1, 0.15) is 0 Å². The van der Waals surface area contributed by atoms with Gasteiger partial charge in [-0.1, -0.05) is 26.2 Å². The zero-order valence-electron chi connectivity index (χ0n) is 12.7. The van der Waals surface area contributed by atoms with Crippen molar-refractivity contribution in [3.63, 3.8) is 0 Å². The number of carbonyl (C=O) groups is 2. The second-order valence-electron chi connectivity index (χ2n) is 6.20. The highest BCUT2D eigenvalue weighted by Crippen LogP contribution is 2.23. The minimum atomic E-state index is 0.0862. The number of nitrogens with zero attached hydrogens (tertiary/aromatic N) is 1. The van der Waals surface area contributed by atoms with E-state index in [2.05, 4.69) is 12.2 Å². The fourth-order valence-electron chi connectivity index (χ4n) is 3.53. The molecule has 0 spiro atoms. The molecule has 1 aliphatic heterocycles. The molecule has 2 amide bonds. The summed E-state index contributed by atoms with van der Waals surface area (Å²) in [5.74, 6) is 0.323. The maximum atomic E-state index is 12.3. The first kappa shape index (κ1) is 15.3. The molecule has 2 rings (SSSR count). The Labute approximate surface area is 122 Å². The second kappa shape index (κ2) is 7.65. The zero-order chi connectivity index (χ0) is 14.4. The van der Waals surface area contributed by atoms with Gasteiger partial charge in [-0.2, -0.15) is 0 Å². The van der Waals surface area contributed by atoms with Crippen LogP contribution in [0.3, 0.4) is 0 Å². The van der Waals surface area contributed by atoms with Gasteiger partial charge in [0.05, 0.1) is 6.54 Å². The normalized spacial score (nSPS) is 24.4. The molecule has 0 radical (unpaired) electrons. The van der Waals surface area contributed by atoms with Crippen molar-refractivity contribution in [2.75, 3.05) is 13.1 Å². The van der Waals surface area contributed by atoms with Crippen molar-refractivity contribution in [3.8, 4) is 0 Å². The minimum absolute atomic E-state index is 0.0862. The van der Waals surface area contributed by atoms with Crippen LogP contribution in [0.5, 0.6) is 0 Å². The molecule has 0 aromatic rings. The molecule has 1 saturated carbocycles. The Bertz CT molecular complexity index is 337. The van der Waals surface area contributed by atoms with Crippen LogP contribution in [-0.2, 0) is 9.59 Å². The summed E-state index contributed by atoms with van der Waals surface area (Å²) < 4.78 is 0. The van der Waals surface area contributed by atoms with Crippen LogP contribution in [0.25, 0.3) is 0 Å². The van der Waals surface area contributed by atoms with E-state index in [4.69, 9.17) is 0 Å². The molecular formula is C16H28N2O2. The summed E-state index contributed by atoms with van der Waals surface area (Å²) in [7, 11) is 0. The van der Waals surface area contributed by atoms with Gasteiger partial charge in [0.25, 0.3) is 0 Å². The lowest BCUT2D eigenvalue weighted by Crippen LogP contribution is -2.48. The maximum Gasteiger partial charge on any atom is 0.242 e. The van der Waals surface area contributed by atoms with Crippen molar-refractivity contribution in [1.82, 2.24) is 10.2 Å². The van der Waals surface area contributed by atoms with Crippen molar-refractivity contribution in [3.05, 3.63) is 0 Å². The maximum absolute atomic E-state index is 12.3. The van der Waals surface area contributed by atoms with E-state index >= 15 is 0 Å². The molecule has 0 aromatic carbocycles. The van der Waals surface area contributed by atoms with E-state index in [1.54, 1.807) is 0 Å². The Morgan fingerprint density at radius 3 is 2.45 bits per heavy atom. The SMILES string of the molecule is CCC1CCCCN1C(=O)CNC(=O)C1CCCCC1. The summed E-state index contributed by atoms with van der Waals surface area (Å²) in [5.41, 5.74) is 0. The number of likely N-dealkylation sites (tertiary alicyclic amines) is 1.